The Morgan fingerprint density at radius 3 is 2.71 bits per heavy atom. The van der Waals surface area contributed by atoms with Gasteiger partial charge in [0.25, 0.3) is 0 Å². The van der Waals surface area contributed by atoms with E-state index in [0.29, 0.717) is 24.6 Å². The predicted octanol–water partition coefficient (Wildman–Crippen LogP) is 3.27. The van der Waals surface area contributed by atoms with Gasteiger partial charge in [0.05, 0.1) is 11.6 Å². The minimum atomic E-state index is -0.601. The van der Waals surface area contributed by atoms with E-state index in [9.17, 15) is 4.39 Å². The minimum Gasteiger partial charge on any atom is -0.436 e. The predicted molar refractivity (Wildman–Crippen MR) is 76.8 cm³/mol. The molecule has 0 unspecified atom stereocenters. The number of aromatic nitrogens is 2. The SMILES string of the molecule is CCNc1cc(Oc2ccc(C#N)cc2F)nc(CC)n1. The smallest absolute Gasteiger partial charge is 0.224 e. The van der Waals surface area contributed by atoms with Crippen LogP contribution in [0.15, 0.2) is 24.3 Å². The zero-order valence-corrected chi connectivity index (χ0v) is 11.9. The maximum absolute atomic E-state index is 13.8. The highest BCUT2D eigenvalue weighted by atomic mass is 19.1. The Morgan fingerprint density at radius 1 is 1.29 bits per heavy atom. The van der Waals surface area contributed by atoms with E-state index < -0.39 is 5.82 Å². The second kappa shape index (κ2) is 6.66. The van der Waals surface area contributed by atoms with E-state index in [4.69, 9.17) is 10.00 Å². The van der Waals surface area contributed by atoms with Crippen molar-refractivity contribution in [2.75, 3.05) is 11.9 Å². The molecule has 0 aliphatic heterocycles. The van der Waals surface area contributed by atoms with E-state index in [-0.39, 0.29) is 17.2 Å². The van der Waals surface area contributed by atoms with Crippen LogP contribution in [0.3, 0.4) is 0 Å². The minimum absolute atomic E-state index is 0.0252. The van der Waals surface area contributed by atoms with Crippen LogP contribution in [0.1, 0.15) is 25.2 Å². The first-order chi connectivity index (χ1) is 10.2. The van der Waals surface area contributed by atoms with E-state index in [1.165, 1.54) is 12.1 Å². The summed E-state index contributed by atoms with van der Waals surface area (Å²) >= 11 is 0. The number of ether oxygens (including phenoxy) is 1. The third kappa shape index (κ3) is 3.66. The molecule has 1 aromatic carbocycles. The molecule has 2 aromatic rings. The molecule has 0 bridgehead atoms. The molecule has 1 heterocycles. The normalized spacial score (nSPS) is 10.0. The Morgan fingerprint density at radius 2 is 2.10 bits per heavy atom. The summed E-state index contributed by atoms with van der Waals surface area (Å²) in [5.41, 5.74) is 0.241. The molecule has 21 heavy (non-hydrogen) atoms. The van der Waals surface area contributed by atoms with E-state index in [1.807, 2.05) is 19.9 Å². The first kappa shape index (κ1) is 14.7. The molecule has 6 heteroatoms. The van der Waals surface area contributed by atoms with Crippen molar-refractivity contribution in [3.05, 3.63) is 41.5 Å². The first-order valence-corrected chi connectivity index (χ1v) is 6.65. The van der Waals surface area contributed by atoms with Crippen molar-refractivity contribution in [2.24, 2.45) is 0 Å². The van der Waals surface area contributed by atoms with E-state index >= 15 is 0 Å². The van der Waals surface area contributed by atoms with Gasteiger partial charge in [0, 0.05) is 19.0 Å². The first-order valence-electron chi connectivity index (χ1n) is 6.65. The average Bonchev–Trinajstić information content (AvgIpc) is 2.49. The quantitative estimate of drug-likeness (QED) is 0.913. The number of hydrogen-bond donors (Lipinski definition) is 1. The van der Waals surface area contributed by atoms with Crippen LogP contribution in [0, 0.1) is 17.1 Å². The Kier molecular flexibility index (Phi) is 4.67. The zero-order chi connectivity index (χ0) is 15.2. The van der Waals surface area contributed by atoms with Gasteiger partial charge in [-0.15, -0.1) is 0 Å². The van der Waals surface area contributed by atoms with Gasteiger partial charge < -0.3 is 10.1 Å². The topological polar surface area (TPSA) is 70.8 Å². The number of nitrogens with zero attached hydrogens (tertiary/aromatic N) is 3. The highest BCUT2D eigenvalue weighted by molar-refractivity contribution is 5.41. The van der Waals surface area contributed by atoms with Crippen LogP contribution in [0.2, 0.25) is 0 Å². The highest BCUT2D eigenvalue weighted by Gasteiger charge is 2.09. The van der Waals surface area contributed by atoms with Crippen molar-refractivity contribution in [3.8, 4) is 17.7 Å². The number of rotatable bonds is 5. The molecule has 0 fully saturated rings. The summed E-state index contributed by atoms with van der Waals surface area (Å²) in [7, 11) is 0. The van der Waals surface area contributed by atoms with E-state index in [1.54, 1.807) is 6.07 Å². The maximum atomic E-state index is 13.8. The van der Waals surface area contributed by atoms with Crippen molar-refractivity contribution < 1.29 is 9.13 Å². The number of nitriles is 1. The molecule has 0 saturated heterocycles. The van der Waals surface area contributed by atoms with Crippen LogP contribution in [-0.2, 0) is 6.42 Å². The Labute approximate surface area is 122 Å². The Bertz CT molecular complexity index is 682. The second-order valence-electron chi connectivity index (χ2n) is 4.25. The van der Waals surface area contributed by atoms with Gasteiger partial charge in [0.1, 0.15) is 11.6 Å². The molecule has 108 valence electrons. The summed E-state index contributed by atoms with van der Waals surface area (Å²) in [6.07, 6.45) is 0.644. The molecule has 0 saturated carbocycles. The van der Waals surface area contributed by atoms with Crippen molar-refractivity contribution in [2.45, 2.75) is 20.3 Å². The molecular formula is C15H15FN4O. The van der Waals surface area contributed by atoms with Crippen LogP contribution in [-0.4, -0.2) is 16.5 Å². The monoisotopic (exact) mass is 286 g/mol. The van der Waals surface area contributed by atoms with Crippen molar-refractivity contribution in [3.63, 3.8) is 0 Å². The molecular weight excluding hydrogens is 271 g/mol. The summed E-state index contributed by atoms with van der Waals surface area (Å²) in [5, 5.41) is 11.8. The number of nitrogens with one attached hydrogen (secondary N) is 1. The maximum Gasteiger partial charge on any atom is 0.224 e. The molecule has 0 aliphatic carbocycles. The molecule has 0 amide bonds. The largest absolute Gasteiger partial charge is 0.436 e. The summed E-state index contributed by atoms with van der Waals surface area (Å²) in [6.45, 7) is 4.59. The average molecular weight is 286 g/mol. The van der Waals surface area contributed by atoms with Crippen LogP contribution in [0.4, 0.5) is 10.2 Å². The summed E-state index contributed by atoms with van der Waals surface area (Å²) in [6, 6.07) is 7.51. The molecule has 0 radical (unpaired) electrons. The third-order valence-electron chi connectivity index (χ3n) is 2.70. The van der Waals surface area contributed by atoms with Gasteiger partial charge in [-0.25, -0.2) is 9.37 Å². The molecule has 2 rings (SSSR count). The van der Waals surface area contributed by atoms with Gasteiger partial charge in [-0.05, 0) is 25.1 Å². The van der Waals surface area contributed by atoms with Gasteiger partial charge in [-0.3, -0.25) is 0 Å². The van der Waals surface area contributed by atoms with Crippen LogP contribution < -0.4 is 10.1 Å². The van der Waals surface area contributed by atoms with Crippen molar-refractivity contribution in [1.82, 2.24) is 9.97 Å². The van der Waals surface area contributed by atoms with Gasteiger partial charge >= 0.3 is 0 Å². The summed E-state index contributed by atoms with van der Waals surface area (Å²) in [5.74, 6) is 0.931. The highest BCUT2D eigenvalue weighted by Crippen LogP contribution is 2.25. The van der Waals surface area contributed by atoms with Crippen molar-refractivity contribution in [1.29, 1.82) is 5.26 Å². The summed E-state index contributed by atoms with van der Waals surface area (Å²) < 4.78 is 19.3. The van der Waals surface area contributed by atoms with Crippen LogP contribution >= 0.6 is 0 Å². The van der Waals surface area contributed by atoms with Crippen LogP contribution in [0.5, 0.6) is 11.6 Å². The molecule has 5 nitrogen and oxygen atoms in total. The Balaban J connectivity index is 2.30. The number of anilines is 1. The van der Waals surface area contributed by atoms with Gasteiger partial charge in [0.15, 0.2) is 11.6 Å². The lowest BCUT2D eigenvalue weighted by Gasteiger charge is -2.09. The Hall–Kier alpha value is -2.68. The number of hydrogen-bond acceptors (Lipinski definition) is 5. The van der Waals surface area contributed by atoms with Gasteiger partial charge in [0.2, 0.25) is 5.88 Å². The zero-order valence-electron chi connectivity index (χ0n) is 11.9. The van der Waals surface area contributed by atoms with Crippen LogP contribution in [0.25, 0.3) is 0 Å². The lowest BCUT2D eigenvalue weighted by Crippen LogP contribution is -2.04. The standard InChI is InChI=1S/C15H15FN4O/c1-3-13-19-14(18-4-2)8-15(20-13)21-12-6-5-10(9-17)7-11(12)16/h5-8H,3-4H2,1-2H3,(H,18,19,20). The fourth-order valence-corrected chi connectivity index (χ4v) is 1.72. The number of aryl methyl sites for hydroxylation is 1. The second-order valence-corrected chi connectivity index (χ2v) is 4.25. The fraction of sp³-hybridized carbons (Fsp3) is 0.267. The number of halogens is 1. The van der Waals surface area contributed by atoms with Gasteiger partial charge in [-0.1, -0.05) is 6.92 Å². The number of benzene rings is 1. The molecule has 0 spiro atoms. The third-order valence-corrected chi connectivity index (χ3v) is 2.70. The molecule has 0 atom stereocenters. The molecule has 1 N–H and O–H groups in total. The lowest BCUT2D eigenvalue weighted by molar-refractivity contribution is 0.425. The lowest BCUT2D eigenvalue weighted by atomic mass is 10.2. The van der Waals surface area contributed by atoms with E-state index in [0.717, 1.165) is 6.07 Å². The molecule has 1 aromatic heterocycles. The van der Waals surface area contributed by atoms with Crippen molar-refractivity contribution >= 4 is 5.82 Å². The molecule has 0 aliphatic rings. The van der Waals surface area contributed by atoms with E-state index in [2.05, 4.69) is 15.3 Å². The summed E-state index contributed by atoms with van der Waals surface area (Å²) in [4.78, 5) is 8.50. The van der Waals surface area contributed by atoms with Gasteiger partial charge in [-0.2, -0.15) is 10.2 Å². The fourth-order valence-electron chi connectivity index (χ4n) is 1.72.